The fraction of sp³-hybridized carbons (Fsp3) is 0.0714. The maximum atomic E-state index is 12.6. The molecular formula is C28H26N4O2S. The summed E-state index contributed by atoms with van der Waals surface area (Å²) in [5.41, 5.74) is 17.1. The van der Waals surface area contributed by atoms with Gasteiger partial charge in [-0.3, -0.25) is 9.59 Å². The highest BCUT2D eigenvalue weighted by atomic mass is 32.2. The molecule has 0 aromatic heterocycles. The molecule has 0 unspecified atom stereocenters. The molecule has 0 spiro atoms. The molecule has 7 heteroatoms. The molecule has 0 bridgehead atoms. The minimum atomic E-state index is -0.172. The number of hydrogen-bond donors (Lipinski definition) is 4. The van der Waals surface area contributed by atoms with Crippen molar-refractivity contribution in [3.05, 3.63) is 107 Å². The second-order valence-electron chi connectivity index (χ2n) is 8.21. The van der Waals surface area contributed by atoms with Gasteiger partial charge in [0.05, 0.1) is 0 Å². The van der Waals surface area contributed by atoms with Gasteiger partial charge in [0.25, 0.3) is 11.8 Å². The van der Waals surface area contributed by atoms with Crippen molar-refractivity contribution < 1.29 is 9.59 Å². The van der Waals surface area contributed by atoms with E-state index in [1.54, 1.807) is 48.2 Å². The van der Waals surface area contributed by atoms with Gasteiger partial charge in [-0.05, 0) is 110 Å². The Morgan fingerprint density at radius 2 is 0.971 bits per heavy atom. The number of aryl methyl sites for hydroxylation is 2. The van der Waals surface area contributed by atoms with Crippen molar-refractivity contribution in [2.24, 2.45) is 0 Å². The van der Waals surface area contributed by atoms with E-state index in [1.807, 2.05) is 62.4 Å². The molecule has 4 aromatic carbocycles. The average molecular weight is 483 g/mol. The molecule has 4 rings (SSSR count). The molecule has 2 amide bonds. The lowest BCUT2D eigenvalue weighted by Gasteiger charge is -2.10. The number of carbonyl (C=O) groups excluding carboxylic acids is 2. The van der Waals surface area contributed by atoms with E-state index in [0.29, 0.717) is 33.9 Å². The van der Waals surface area contributed by atoms with Crippen molar-refractivity contribution in [2.75, 3.05) is 22.1 Å². The van der Waals surface area contributed by atoms with E-state index in [4.69, 9.17) is 11.5 Å². The maximum Gasteiger partial charge on any atom is 0.255 e. The fourth-order valence-corrected chi connectivity index (χ4v) is 4.45. The summed E-state index contributed by atoms with van der Waals surface area (Å²) in [5.74, 6) is -0.343. The number of benzene rings is 4. The van der Waals surface area contributed by atoms with Gasteiger partial charge in [0.15, 0.2) is 0 Å². The van der Waals surface area contributed by atoms with Crippen LogP contribution in [0.15, 0.2) is 94.7 Å². The molecule has 0 saturated heterocycles. The van der Waals surface area contributed by atoms with Crippen LogP contribution >= 0.6 is 11.8 Å². The highest BCUT2D eigenvalue weighted by Crippen LogP contribution is 2.30. The zero-order chi connectivity index (χ0) is 24.9. The van der Waals surface area contributed by atoms with Gasteiger partial charge < -0.3 is 22.1 Å². The largest absolute Gasteiger partial charge is 0.399 e. The second-order valence-corrected chi connectivity index (χ2v) is 9.35. The van der Waals surface area contributed by atoms with Crippen LogP contribution in [-0.4, -0.2) is 11.8 Å². The van der Waals surface area contributed by atoms with Crippen LogP contribution in [0.4, 0.5) is 22.7 Å². The lowest BCUT2D eigenvalue weighted by atomic mass is 10.1. The summed E-state index contributed by atoms with van der Waals surface area (Å²) in [4.78, 5) is 27.2. The third-order valence-electron chi connectivity index (χ3n) is 5.45. The van der Waals surface area contributed by atoms with Gasteiger partial charge in [-0.1, -0.05) is 11.8 Å². The number of hydrogen-bond acceptors (Lipinski definition) is 5. The third-order valence-corrected chi connectivity index (χ3v) is 6.47. The summed E-state index contributed by atoms with van der Waals surface area (Å²) >= 11 is 1.59. The van der Waals surface area contributed by atoms with Crippen LogP contribution in [0.5, 0.6) is 0 Å². The Bertz CT molecular complexity index is 1280. The van der Waals surface area contributed by atoms with Gasteiger partial charge in [0.1, 0.15) is 0 Å². The van der Waals surface area contributed by atoms with Crippen LogP contribution in [0.1, 0.15) is 31.8 Å². The standard InChI is InChI=1S/C28H26N4O2S/c1-17-15-19(29)3-13-25(17)27(33)31-21-5-9-23(10-6-21)35-24-11-7-22(8-12-24)32-28(34)26-14-4-20(30)16-18(26)2/h3-16H,29-30H2,1-2H3,(H,31,33)(H,32,34). The van der Waals surface area contributed by atoms with E-state index in [1.165, 1.54) is 0 Å². The van der Waals surface area contributed by atoms with Gasteiger partial charge in [-0.2, -0.15) is 0 Å². The van der Waals surface area contributed by atoms with E-state index in [2.05, 4.69) is 10.6 Å². The van der Waals surface area contributed by atoms with Crippen LogP contribution in [-0.2, 0) is 0 Å². The van der Waals surface area contributed by atoms with Crippen molar-refractivity contribution in [1.29, 1.82) is 0 Å². The van der Waals surface area contributed by atoms with Crippen molar-refractivity contribution in [1.82, 2.24) is 0 Å². The molecule has 6 nitrogen and oxygen atoms in total. The minimum absolute atomic E-state index is 0.172. The smallest absolute Gasteiger partial charge is 0.255 e. The highest BCUT2D eigenvalue weighted by molar-refractivity contribution is 7.99. The Kier molecular flexibility index (Phi) is 7.08. The van der Waals surface area contributed by atoms with Crippen LogP contribution in [0, 0.1) is 13.8 Å². The molecule has 6 N–H and O–H groups in total. The van der Waals surface area contributed by atoms with Gasteiger partial charge in [-0.15, -0.1) is 0 Å². The number of carbonyl (C=O) groups is 2. The number of anilines is 4. The Balaban J connectivity index is 1.35. The monoisotopic (exact) mass is 482 g/mol. The SMILES string of the molecule is Cc1cc(N)ccc1C(=O)Nc1ccc(Sc2ccc(NC(=O)c3ccc(N)cc3C)cc2)cc1. The van der Waals surface area contributed by atoms with Gasteiger partial charge in [0.2, 0.25) is 0 Å². The Labute approximate surface area is 208 Å². The summed E-state index contributed by atoms with van der Waals surface area (Å²) in [6.45, 7) is 3.72. The van der Waals surface area contributed by atoms with Gasteiger partial charge in [-0.25, -0.2) is 0 Å². The summed E-state index contributed by atoms with van der Waals surface area (Å²) in [5, 5.41) is 5.84. The van der Waals surface area contributed by atoms with Crippen LogP contribution in [0.25, 0.3) is 0 Å². The van der Waals surface area contributed by atoms with E-state index >= 15 is 0 Å². The number of nitrogens with two attached hydrogens (primary N) is 2. The first-order valence-electron chi connectivity index (χ1n) is 11.0. The van der Waals surface area contributed by atoms with Crippen molar-refractivity contribution in [3.8, 4) is 0 Å². The molecule has 0 aliphatic carbocycles. The highest BCUT2D eigenvalue weighted by Gasteiger charge is 2.11. The molecule has 176 valence electrons. The van der Waals surface area contributed by atoms with Crippen molar-refractivity contribution in [3.63, 3.8) is 0 Å². The summed E-state index contributed by atoms with van der Waals surface area (Å²) < 4.78 is 0. The summed E-state index contributed by atoms with van der Waals surface area (Å²) in [7, 11) is 0. The molecule has 0 radical (unpaired) electrons. The van der Waals surface area contributed by atoms with E-state index < -0.39 is 0 Å². The number of amides is 2. The first kappa shape index (κ1) is 23.9. The molecule has 0 aliphatic rings. The van der Waals surface area contributed by atoms with Crippen molar-refractivity contribution >= 4 is 46.3 Å². The summed E-state index contributed by atoms with van der Waals surface area (Å²) in [6.07, 6.45) is 0. The molecule has 0 fully saturated rings. The second kappa shape index (κ2) is 10.4. The molecular weight excluding hydrogens is 456 g/mol. The Morgan fingerprint density at radius 1 is 0.600 bits per heavy atom. The van der Waals surface area contributed by atoms with E-state index in [9.17, 15) is 9.59 Å². The third kappa shape index (κ3) is 6.02. The number of nitrogens with one attached hydrogen (secondary N) is 2. The van der Waals surface area contributed by atoms with Crippen LogP contribution in [0.2, 0.25) is 0 Å². The molecule has 0 saturated carbocycles. The molecule has 0 heterocycles. The van der Waals surface area contributed by atoms with Crippen LogP contribution in [0.3, 0.4) is 0 Å². The van der Waals surface area contributed by atoms with E-state index in [0.717, 1.165) is 20.9 Å². The number of rotatable bonds is 6. The quantitative estimate of drug-likeness (QED) is 0.247. The maximum absolute atomic E-state index is 12.6. The van der Waals surface area contributed by atoms with Crippen molar-refractivity contribution in [2.45, 2.75) is 23.6 Å². The number of nitrogen functional groups attached to an aromatic ring is 2. The van der Waals surface area contributed by atoms with E-state index in [-0.39, 0.29) is 11.8 Å². The van der Waals surface area contributed by atoms with Crippen LogP contribution < -0.4 is 22.1 Å². The first-order valence-corrected chi connectivity index (χ1v) is 11.8. The zero-order valence-electron chi connectivity index (χ0n) is 19.5. The minimum Gasteiger partial charge on any atom is -0.399 e. The lowest BCUT2D eigenvalue weighted by Crippen LogP contribution is -2.13. The molecule has 4 aromatic rings. The molecule has 0 aliphatic heterocycles. The predicted molar refractivity (Wildman–Crippen MR) is 144 cm³/mol. The van der Waals surface area contributed by atoms with Gasteiger partial charge >= 0.3 is 0 Å². The first-order chi connectivity index (χ1) is 16.8. The average Bonchev–Trinajstić information content (AvgIpc) is 2.81. The predicted octanol–water partition coefficient (Wildman–Crippen LogP) is 6.12. The zero-order valence-corrected chi connectivity index (χ0v) is 20.3. The summed E-state index contributed by atoms with van der Waals surface area (Å²) in [6, 6.07) is 25.8. The normalized spacial score (nSPS) is 10.6. The Morgan fingerprint density at radius 3 is 1.31 bits per heavy atom. The fourth-order valence-electron chi connectivity index (χ4n) is 3.63. The van der Waals surface area contributed by atoms with Gasteiger partial charge in [0, 0.05) is 43.7 Å². The topological polar surface area (TPSA) is 110 Å². The molecule has 0 atom stereocenters. The lowest BCUT2D eigenvalue weighted by molar-refractivity contribution is 0.101. The molecule has 35 heavy (non-hydrogen) atoms. The Hall–Kier alpha value is -4.23.